The van der Waals surface area contributed by atoms with Crippen LogP contribution >= 0.6 is 0 Å². The summed E-state index contributed by atoms with van der Waals surface area (Å²) >= 11 is 0. The Morgan fingerprint density at radius 3 is 0.842 bits per heavy atom. The zero-order valence-electron chi connectivity index (χ0n) is 15.4. The largest absolute Gasteiger partial charge is 4.00 e. The van der Waals surface area contributed by atoms with Gasteiger partial charge in [0.25, 0.3) is 0 Å². The summed E-state index contributed by atoms with van der Waals surface area (Å²) in [5.74, 6) is 0. The van der Waals surface area contributed by atoms with E-state index < -0.39 is 15.5 Å². The average Bonchev–Trinajstić information content (AvgIpc) is 1.72. The Morgan fingerprint density at radius 2 is 0.737 bits per heavy atom. The third-order valence-corrected chi connectivity index (χ3v) is 17.8. The van der Waals surface area contributed by atoms with Gasteiger partial charge in [-0.1, -0.05) is 83.2 Å². The van der Waals surface area contributed by atoms with Crippen LogP contribution in [-0.4, -0.2) is 26.6 Å². The number of hydrogen-bond acceptors (Lipinski definition) is 0. The molecule has 114 valence electrons. The molecule has 19 heavy (non-hydrogen) atoms. The molecular formula is C14H36N2Si2Ti. The molecule has 0 aromatic heterocycles. The smallest absolute Gasteiger partial charge is 0.663 e. The van der Waals surface area contributed by atoms with Crippen LogP contribution in [0.15, 0.2) is 0 Å². The summed E-state index contributed by atoms with van der Waals surface area (Å²) in [6.07, 6.45) is 0. The Labute approximate surface area is 140 Å². The standard InChI is InChI=1S/C12H30N2Si2.2CH3.Ti/c1-11(2,3)13-15(7,8)16(9,10)14-12(4,5)6;;;/h1-10H3;2*1H3;/q-2;2*-1;+4. The van der Waals surface area contributed by atoms with Crippen molar-refractivity contribution in [3.63, 3.8) is 0 Å². The van der Waals surface area contributed by atoms with E-state index in [-0.39, 0.29) is 47.6 Å². The zero-order chi connectivity index (χ0) is 13.4. The fraction of sp³-hybridized carbons (Fsp3) is 0.857. The van der Waals surface area contributed by atoms with Crippen molar-refractivity contribution in [2.45, 2.75) is 78.8 Å². The molecule has 0 bridgehead atoms. The molecule has 0 saturated carbocycles. The van der Waals surface area contributed by atoms with Crippen LogP contribution in [0.2, 0.25) is 26.2 Å². The van der Waals surface area contributed by atoms with Gasteiger partial charge in [-0.3, -0.25) is 0 Å². The van der Waals surface area contributed by atoms with Crippen LogP contribution in [0, 0.1) is 14.9 Å². The molecule has 0 fully saturated rings. The van der Waals surface area contributed by atoms with Gasteiger partial charge in [-0.25, -0.2) is 0 Å². The Bertz CT molecular complexity index is 215. The molecule has 0 rings (SSSR count). The maximum atomic E-state index is 5.10. The van der Waals surface area contributed by atoms with Crippen molar-refractivity contribution < 1.29 is 21.7 Å². The summed E-state index contributed by atoms with van der Waals surface area (Å²) in [7, 11) is -3.16. The Morgan fingerprint density at radius 1 is 0.579 bits per heavy atom. The quantitative estimate of drug-likeness (QED) is 0.466. The third kappa shape index (κ3) is 11.4. The fourth-order valence-corrected chi connectivity index (χ4v) is 9.51. The van der Waals surface area contributed by atoms with Gasteiger partial charge in [0.1, 0.15) is 0 Å². The SMILES string of the molecule is CC(C)(C)[N-][Si](C)(C)[Si](C)(C)[N-]C(C)(C)C.[CH3-].[CH3-].[Ti+4]. The molecule has 0 unspecified atom stereocenters. The van der Waals surface area contributed by atoms with Crippen molar-refractivity contribution in [3.05, 3.63) is 24.8 Å². The van der Waals surface area contributed by atoms with Gasteiger partial charge in [-0.2, -0.15) is 0 Å². The Kier molecular flexibility index (Phi) is 12.6. The number of rotatable bonds is 3. The minimum absolute atomic E-state index is 0. The van der Waals surface area contributed by atoms with Crippen LogP contribution in [-0.2, 0) is 21.7 Å². The molecule has 0 aromatic carbocycles. The van der Waals surface area contributed by atoms with Crippen molar-refractivity contribution in [1.29, 1.82) is 0 Å². The van der Waals surface area contributed by atoms with Crippen molar-refractivity contribution in [1.82, 2.24) is 0 Å². The van der Waals surface area contributed by atoms with Gasteiger partial charge in [0.2, 0.25) is 0 Å². The first kappa shape index (κ1) is 28.3. The first-order chi connectivity index (χ1) is 6.66. The van der Waals surface area contributed by atoms with E-state index in [4.69, 9.17) is 9.96 Å². The summed E-state index contributed by atoms with van der Waals surface area (Å²) in [6, 6.07) is 0. The molecule has 5 heteroatoms. The molecule has 0 N–H and O–H groups in total. The van der Waals surface area contributed by atoms with Crippen LogP contribution in [0.1, 0.15) is 41.5 Å². The van der Waals surface area contributed by atoms with Crippen LogP contribution in [0.25, 0.3) is 9.96 Å². The maximum Gasteiger partial charge on any atom is 4.00 e. The normalized spacial score (nSPS) is 12.9. The van der Waals surface area contributed by atoms with E-state index in [1.54, 1.807) is 0 Å². The molecule has 0 aliphatic rings. The molecule has 0 saturated heterocycles. The topological polar surface area (TPSA) is 28.2 Å². The fourth-order valence-electron chi connectivity index (χ4n) is 1.95. The van der Waals surface area contributed by atoms with E-state index in [2.05, 4.69) is 67.7 Å². The van der Waals surface area contributed by atoms with Gasteiger partial charge in [-0.05, 0) is 0 Å². The van der Waals surface area contributed by atoms with E-state index in [9.17, 15) is 0 Å². The Hall–Kier alpha value is 1.07. The Balaban J connectivity index is -0.000000375. The summed E-state index contributed by atoms with van der Waals surface area (Å²) in [4.78, 5) is 10.2. The molecule has 2 nitrogen and oxygen atoms in total. The van der Waals surface area contributed by atoms with Crippen LogP contribution in [0.4, 0.5) is 0 Å². The van der Waals surface area contributed by atoms with E-state index >= 15 is 0 Å². The van der Waals surface area contributed by atoms with E-state index in [1.165, 1.54) is 0 Å². The molecule has 0 aromatic rings. The van der Waals surface area contributed by atoms with Crippen LogP contribution in [0.3, 0.4) is 0 Å². The predicted molar refractivity (Wildman–Crippen MR) is 94.0 cm³/mol. The third-order valence-electron chi connectivity index (χ3n) is 2.73. The molecule has 0 spiro atoms. The zero-order valence-corrected chi connectivity index (χ0v) is 19.0. The second-order valence-corrected chi connectivity index (χ2v) is 21.7. The molecule has 0 aliphatic heterocycles. The van der Waals surface area contributed by atoms with Gasteiger partial charge < -0.3 is 24.8 Å². The van der Waals surface area contributed by atoms with Crippen LogP contribution < -0.4 is 0 Å². The van der Waals surface area contributed by atoms with Crippen molar-refractivity contribution in [3.8, 4) is 0 Å². The van der Waals surface area contributed by atoms with Gasteiger partial charge in [-0.15, -0.1) is 11.1 Å². The summed E-state index contributed by atoms with van der Waals surface area (Å²) < 4.78 is 0. The molecule has 0 heterocycles. The molecular weight excluding hydrogens is 300 g/mol. The second kappa shape index (κ2) is 8.50. The van der Waals surface area contributed by atoms with Gasteiger partial charge in [0.05, 0.1) is 0 Å². The molecule has 0 atom stereocenters. The van der Waals surface area contributed by atoms with Gasteiger partial charge in [0, 0.05) is 0 Å². The van der Waals surface area contributed by atoms with Crippen molar-refractivity contribution in [2.24, 2.45) is 0 Å². The molecule has 0 radical (unpaired) electrons. The molecule has 0 aliphatic carbocycles. The first-order valence-electron chi connectivity index (χ1n) is 6.14. The summed E-state index contributed by atoms with van der Waals surface area (Å²) in [5.41, 5.74) is 0.154. The van der Waals surface area contributed by atoms with Gasteiger partial charge in [0.15, 0.2) is 0 Å². The minimum Gasteiger partial charge on any atom is -0.663 e. The van der Waals surface area contributed by atoms with Crippen molar-refractivity contribution >= 4 is 15.5 Å². The van der Waals surface area contributed by atoms with E-state index in [0.717, 1.165) is 0 Å². The number of nitrogens with zero attached hydrogens (tertiary/aromatic N) is 2. The second-order valence-electron chi connectivity index (χ2n) is 7.68. The van der Waals surface area contributed by atoms with E-state index in [1.807, 2.05) is 0 Å². The monoisotopic (exact) mass is 336 g/mol. The summed E-state index contributed by atoms with van der Waals surface area (Å²) in [6.45, 7) is 22.7. The van der Waals surface area contributed by atoms with Crippen LogP contribution in [0.5, 0.6) is 0 Å². The van der Waals surface area contributed by atoms with Gasteiger partial charge >= 0.3 is 21.7 Å². The maximum absolute atomic E-state index is 5.10. The van der Waals surface area contributed by atoms with E-state index in [0.29, 0.717) is 0 Å². The van der Waals surface area contributed by atoms with Crippen molar-refractivity contribution in [2.75, 3.05) is 0 Å². The summed E-state index contributed by atoms with van der Waals surface area (Å²) in [5, 5.41) is 0. The molecule has 0 amide bonds. The predicted octanol–water partition coefficient (Wildman–Crippen LogP) is 5.72. The average molecular weight is 336 g/mol. The minimum atomic E-state index is -1.58. The number of hydrogen-bond donors (Lipinski definition) is 0. The first-order valence-corrected chi connectivity index (χ1v) is 13.0.